The molecular weight excluding hydrogens is 430 g/mol. The fourth-order valence-corrected chi connectivity index (χ4v) is 5.55. The Kier molecular flexibility index (Phi) is 6.67. The van der Waals surface area contributed by atoms with Crippen LogP contribution < -0.4 is 4.90 Å². The van der Waals surface area contributed by atoms with E-state index >= 15 is 0 Å². The van der Waals surface area contributed by atoms with Crippen LogP contribution in [0.5, 0.6) is 0 Å². The molecule has 170 valence electrons. The lowest BCUT2D eigenvalue weighted by Gasteiger charge is -2.28. The number of carbonyl (C=O) groups excluding carboxylic acids is 1. The van der Waals surface area contributed by atoms with Crippen molar-refractivity contribution >= 4 is 43.4 Å². The van der Waals surface area contributed by atoms with Crippen molar-refractivity contribution in [1.29, 1.82) is 0 Å². The van der Waals surface area contributed by atoms with E-state index in [0.717, 1.165) is 77.4 Å². The van der Waals surface area contributed by atoms with Crippen molar-refractivity contribution < 1.29 is 9.53 Å². The monoisotopic (exact) mass is 459 g/mol. The van der Waals surface area contributed by atoms with Gasteiger partial charge in [-0.2, -0.15) is 0 Å². The second kappa shape index (κ2) is 10.00. The van der Waals surface area contributed by atoms with Gasteiger partial charge < -0.3 is 4.74 Å². The molecule has 1 saturated heterocycles. The molecule has 0 saturated carbocycles. The fourth-order valence-electron chi connectivity index (χ4n) is 4.51. The third-order valence-corrected chi connectivity index (χ3v) is 7.37. The second-order valence-corrected chi connectivity index (χ2v) is 9.41. The van der Waals surface area contributed by atoms with E-state index in [0.29, 0.717) is 6.54 Å². The smallest absolute Gasteiger partial charge is 0.260 e. The van der Waals surface area contributed by atoms with Gasteiger partial charge in [-0.05, 0) is 41.3 Å². The number of benzene rings is 3. The SMILES string of the molecule is CCc1cccc2sc(N(CCCN3CCOCC3)C(=O)c3cccc4ccccc34)nc12. The summed E-state index contributed by atoms with van der Waals surface area (Å²) < 4.78 is 6.61. The molecule has 0 atom stereocenters. The van der Waals surface area contributed by atoms with Crippen LogP contribution in [0.3, 0.4) is 0 Å². The van der Waals surface area contributed by atoms with Gasteiger partial charge in [0.15, 0.2) is 5.13 Å². The Morgan fingerprint density at radius 2 is 1.85 bits per heavy atom. The number of fused-ring (bicyclic) bond motifs is 2. The molecule has 0 N–H and O–H groups in total. The molecule has 5 nitrogen and oxygen atoms in total. The largest absolute Gasteiger partial charge is 0.379 e. The van der Waals surface area contributed by atoms with Crippen molar-refractivity contribution in [2.24, 2.45) is 0 Å². The summed E-state index contributed by atoms with van der Waals surface area (Å²) in [6.07, 6.45) is 1.82. The van der Waals surface area contributed by atoms with Crippen molar-refractivity contribution in [2.75, 3.05) is 44.3 Å². The average molecular weight is 460 g/mol. The van der Waals surface area contributed by atoms with Crippen LogP contribution in [0.25, 0.3) is 21.0 Å². The zero-order valence-corrected chi connectivity index (χ0v) is 19.8. The molecule has 1 amide bonds. The van der Waals surface area contributed by atoms with E-state index in [-0.39, 0.29) is 5.91 Å². The van der Waals surface area contributed by atoms with Crippen molar-refractivity contribution in [3.8, 4) is 0 Å². The van der Waals surface area contributed by atoms with Gasteiger partial charge in [-0.3, -0.25) is 14.6 Å². The van der Waals surface area contributed by atoms with Gasteiger partial charge in [0.05, 0.1) is 23.4 Å². The maximum absolute atomic E-state index is 13.9. The van der Waals surface area contributed by atoms with E-state index in [2.05, 4.69) is 42.2 Å². The summed E-state index contributed by atoms with van der Waals surface area (Å²) in [5, 5.41) is 2.85. The van der Waals surface area contributed by atoms with Crippen molar-refractivity contribution in [3.63, 3.8) is 0 Å². The highest BCUT2D eigenvalue weighted by molar-refractivity contribution is 7.22. The van der Waals surface area contributed by atoms with Gasteiger partial charge in [0, 0.05) is 31.7 Å². The molecule has 6 heteroatoms. The Hall–Kier alpha value is -2.80. The first-order valence-corrected chi connectivity index (χ1v) is 12.5. The Labute approximate surface area is 198 Å². The number of thiazole rings is 1. The quantitative estimate of drug-likeness (QED) is 0.372. The van der Waals surface area contributed by atoms with Crippen LogP contribution in [0.15, 0.2) is 60.7 Å². The Bertz CT molecular complexity index is 1260. The third-order valence-electron chi connectivity index (χ3n) is 6.33. The molecule has 1 aromatic heterocycles. The molecule has 1 aliphatic rings. The lowest BCUT2D eigenvalue weighted by atomic mass is 10.0. The Balaban J connectivity index is 1.48. The molecule has 5 rings (SSSR count). The molecule has 33 heavy (non-hydrogen) atoms. The minimum atomic E-state index is 0.0193. The minimum absolute atomic E-state index is 0.0193. The number of aryl methyl sites for hydroxylation is 1. The third kappa shape index (κ3) is 4.64. The molecule has 0 aliphatic carbocycles. The number of rotatable bonds is 7. The Morgan fingerprint density at radius 1 is 1.06 bits per heavy atom. The maximum Gasteiger partial charge on any atom is 0.260 e. The lowest BCUT2D eigenvalue weighted by Crippen LogP contribution is -2.39. The van der Waals surface area contributed by atoms with Crippen LogP contribution in [-0.2, 0) is 11.2 Å². The van der Waals surface area contributed by atoms with E-state index in [1.165, 1.54) is 5.56 Å². The minimum Gasteiger partial charge on any atom is -0.379 e. The lowest BCUT2D eigenvalue weighted by molar-refractivity contribution is 0.0376. The number of carbonyl (C=O) groups is 1. The number of hydrogen-bond donors (Lipinski definition) is 0. The van der Waals surface area contributed by atoms with E-state index in [1.807, 2.05) is 35.2 Å². The van der Waals surface area contributed by atoms with Crippen LogP contribution in [0.4, 0.5) is 5.13 Å². The van der Waals surface area contributed by atoms with E-state index < -0.39 is 0 Å². The van der Waals surface area contributed by atoms with Crippen molar-refractivity contribution in [1.82, 2.24) is 9.88 Å². The molecule has 2 heterocycles. The highest BCUT2D eigenvalue weighted by Gasteiger charge is 2.23. The number of para-hydroxylation sites is 1. The zero-order valence-electron chi connectivity index (χ0n) is 19.0. The van der Waals surface area contributed by atoms with Gasteiger partial charge in [-0.1, -0.05) is 66.8 Å². The summed E-state index contributed by atoms with van der Waals surface area (Å²) >= 11 is 1.61. The van der Waals surface area contributed by atoms with Gasteiger partial charge >= 0.3 is 0 Å². The van der Waals surface area contributed by atoms with E-state index in [4.69, 9.17) is 9.72 Å². The summed E-state index contributed by atoms with van der Waals surface area (Å²) in [7, 11) is 0. The van der Waals surface area contributed by atoms with Crippen molar-refractivity contribution in [3.05, 3.63) is 71.8 Å². The van der Waals surface area contributed by atoms with Crippen LogP contribution in [0.2, 0.25) is 0 Å². The van der Waals surface area contributed by atoms with Gasteiger partial charge in [-0.15, -0.1) is 0 Å². The van der Waals surface area contributed by atoms with Gasteiger partial charge in [0.1, 0.15) is 0 Å². The van der Waals surface area contributed by atoms with Gasteiger partial charge in [0.25, 0.3) is 5.91 Å². The number of hydrogen-bond acceptors (Lipinski definition) is 5. The Morgan fingerprint density at radius 3 is 2.70 bits per heavy atom. The zero-order chi connectivity index (χ0) is 22.6. The van der Waals surface area contributed by atoms with Crippen LogP contribution >= 0.6 is 11.3 Å². The van der Waals surface area contributed by atoms with Gasteiger partial charge in [0.2, 0.25) is 0 Å². The molecule has 0 radical (unpaired) electrons. The molecule has 3 aromatic carbocycles. The van der Waals surface area contributed by atoms with Crippen molar-refractivity contribution in [2.45, 2.75) is 19.8 Å². The van der Waals surface area contributed by atoms with E-state index in [9.17, 15) is 4.79 Å². The standard InChI is InChI=1S/C27H29N3O2S/c1-2-20-9-6-13-24-25(20)28-27(33-24)30(15-7-14-29-16-18-32-19-17-29)26(31)23-12-5-10-21-8-3-4-11-22(21)23/h3-6,8-13H,2,7,14-19H2,1H3. The first kappa shape index (κ1) is 22.0. The van der Waals surface area contributed by atoms with Crippen LogP contribution in [-0.4, -0.2) is 55.2 Å². The maximum atomic E-state index is 13.9. The molecule has 4 aromatic rings. The molecular formula is C27H29N3O2S. The molecule has 0 bridgehead atoms. The first-order valence-electron chi connectivity index (χ1n) is 11.7. The summed E-state index contributed by atoms with van der Waals surface area (Å²) in [5.41, 5.74) is 2.97. The number of nitrogens with zero attached hydrogens (tertiary/aromatic N) is 3. The summed E-state index contributed by atoms with van der Waals surface area (Å²) in [6.45, 7) is 7.23. The van der Waals surface area contributed by atoms with Gasteiger partial charge in [-0.25, -0.2) is 4.98 Å². The normalized spacial score (nSPS) is 14.7. The molecule has 1 fully saturated rings. The molecule has 1 aliphatic heterocycles. The topological polar surface area (TPSA) is 45.7 Å². The number of morpholine rings is 1. The van der Waals surface area contributed by atoms with Crippen LogP contribution in [0, 0.1) is 0 Å². The highest BCUT2D eigenvalue weighted by atomic mass is 32.1. The fraction of sp³-hybridized carbons (Fsp3) is 0.333. The number of amides is 1. The summed E-state index contributed by atoms with van der Waals surface area (Å²) in [5.74, 6) is 0.0193. The number of anilines is 1. The van der Waals surface area contributed by atoms with Crippen LogP contribution in [0.1, 0.15) is 29.3 Å². The molecule has 0 unspecified atom stereocenters. The highest BCUT2D eigenvalue weighted by Crippen LogP contribution is 2.33. The summed E-state index contributed by atoms with van der Waals surface area (Å²) in [6, 6.07) is 20.4. The number of aromatic nitrogens is 1. The summed E-state index contributed by atoms with van der Waals surface area (Å²) in [4.78, 5) is 23.2. The van der Waals surface area contributed by atoms with E-state index in [1.54, 1.807) is 11.3 Å². The molecule has 0 spiro atoms. The predicted molar refractivity (Wildman–Crippen MR) is 136 cm³/mol. The average Bonchev–Trinajstić information content (AvgIpc) is 3.30. The number of ether oxygens (including phenoxy) is 1. The predicted octanol–water partition coefficient (Wildman–Crippen LogP) is 5.38. The first-order chi connectivity index (χ1) is 16.2. The second-order valence-electron chi connectivity index (χ2n) is 8.40.